The summed E-state index contributed by atoms with van der Waals surface area (Å²) < 4.78 is 5.79. The van der Waals surface area contributed by atoms with Gasteiger partial charge in [-0.3, -0.25) is 0 Å². The van der Waals surface area contributed by atoms with Gasteiger partial charge in [-0.25, -0.2) is 4.99 Å². The predicted molar refractivity (Wildman–Crippen MR) is 112 cm³/mol. The first-order valence-corrected chi connectivity index (χ1v) is 9.94. The lowest BCUT2D eigenvalue weighted by molar-refractivity contribution is 0.301. The highest BCUT2D eigenvalue weighted by Gasteiger charge is 2.04. The van der Waals surface area contributed by atoms with Crippen LogP contribution in [0.4, 0.5) is 5.69 Å². The van der Waals surface area contributed by atoms with Crippen LogP contribution < -0.4 is 0 Å². The molecular weight excluding hydrogens is 318 g/mol. The molecule has 0 N–H and O–H groups in total. The molecule has 0 aromatic heterocycles. The van der Waals surface area contributed by atoms with Gasteiger partial charge in [0.2, 0.25) is 0 Å². The fraction of sp³-hybridized carbons (Fsp3) is 0.417. The molecule has 26 heavy (non-hydrogen) atoms. The molecule has 2 rings (SSSR count). The van der Waals surface area contributed by atoms with Gasteiger partial charge in [0, 0.05) is 11.4 Å². The molecule has 0 amide bonds. The Balaban J connectivity index is 2.03. The fourth-order valence-electron chi connectivity index (χ4n) is 2.92. The van der Waals surface area contributed by atoms with Crippen molar-refractivity contribution in [3.8, 4) is 0 Å². The molecule has 0 aliphatic carbocycles. The van der Waals surface area contributed by atoms with Crippen molar-refractivity contribution >= 4 is 17.3 Å². The van der Waals surface area contributed by atoms with E-state index in [1.807, 2.05) is 37.3 Å². The van der Waals surface area contributed by atoms with E-state index >= 15 is 0 Å². The van der Waals surface area contributed by atoms with Crippen molar-refractivity contribution in [3.63, 3.8) is 0 Å². The first-order chi connectivity index (χ1) is 12.8. The first-order valence-electron chi connectivity index (χ1n) is 9.94. The van der Waals surface area contributed by atoms with Gasteiger partial charge >= 0.3 is 0 Å². The normalized spacial score (nSPS) is 10.2. The van der Waals surface area contributed by atoms with E-state index in [1.165, 1.54) is 44.1 Å². The Hall–Kier alpha value is -2.31. The predicted octanol–water partition coefficient (Wildman–Crippen LogP) is 6.97. The average molecular weight is 350 g/mol. The lowest BCUT2D eigenvalue weighted by Crippen LogP contribution is -1.94. The van der Waals surface area contributed by atoms with E-state index in [-0.39, 0.29) is 0 Å². The number of aliphatic imine (C=N–C) groups is 1. The summed E-state index contributed by atoms with van der Waals surface area (Å²) in [6, 6.07) is 18.4. The van der Waals surface area contributed by atoms with E-state index < -0.39 is 0 Å². The van der Waals surface area contributed by atoms with E-state index in [1.54, 1.807) is 0 Å². The molecule has 2 aromatic carbocycles. The van der Waals surface area contributed by atoms with Gasteiger partial charge in [0.15, 0.2) is 5.76 Å². The third-order valence-corrected chi connectivity index (χ3v) is 4.34. The van der Waals surface area contributed by atoms with E-state index in [0.29, 0.717) is 12.4 Å². The second kappa shape index (κ2) is 12.1. The highest BCUT2D eigenvalue weighted by atomic mass is 16.5. The van der Waals surface area contributed by atoms with Crippen molar-refractivity contribution in [2.24, 2.45) is 4.99 Å². The SMILES string of the molecule is CCCCCCCCc1cccc(C(=C=Nc2ccccc2)OCC)c1. The lowest BCUT2D eigenvalue weighted by atomic mass is 10.0. The van der Waals surface area contributed by atoms with E-state index in [4.69, 9.17) is 4.74 Å². The lowest BCUT2D eigenvalue weighted by Gasteiger charge is -2.08. The summed E-state index contributed by atoms with van der Waals surface area (Å²) >= 11 is 0. The van der Waals surface area contributed by atoms with Crippen LogP contribution in [0.2, 0.25) is 0 Å². The van der Waals surface area contributed by atoms with Gasteiger partial charge in [-0.1, -0.05) is 75.4 Å². The quantitative estimate of drug-likeness (QED) is 0.244. The molecule has 0 aliphatic rings. The number of hydrogen-bond acceptors (Lipinski definition) is 2. The maximum Gasteiger partial charge on any atom is 0.188 e. The van der Waals surface area contributed by atoms with Crippen LogP contribution in [0.5, 0.6) is 0 Å². The number of para-hydroxylation sites is 1. The summed E-state index contributed by atoms with van der Waals surface area (Å²) in [6.07, 6.45) is 9.06. The van der Waals surface area contributed by atoms with Crippen LogP contribution in [-0.2, 0) is 11.2 Å². The van der Waals surface area contributed by atoms with E-state index in [2.05, 4.69) is 42.1 Å². The zero-order valence-corrected chi connectivity index (χ0v) is 16.2. The van der Waals surface area contributed by atoms with Gasteiger partial charge in [-0.05, 0) is 43.5 Å². The van der Waals surface area contributed by atoms with Gasteiger partial charge in [-0.15, -0.1) is 0 Å². The number of benzene rings is 2. The van der Waals surface area contributed by atoms with Crippen LogP contribution in [0.3, 0.4) is 0 Å². The van der Waals surface area contributed by atoms with E-state index in [0.717, 1.165) is 17.7 Å². The Morgan fingerprint density at radius 2 is 1.65 bits per heavy atom. The molecule has 0 radical (unpaired) electrons. The summed E-state index contributed by atoms with van der Waals surface area (Å²) in [6.45, 7) is 4.86. The molecule has 0 heterocycles. The van der Waals surface area contributed by atoms with Crippen LogP contribution >= 0.6 is 0 Å². The summed E-state index contributed by atoms with van der Waals surface area (Å²) in [7, 11) is 0. The second-order valence-corrected chi connectivity index (χ2v) is 6.54. The van der Waals surface area contributed by atoms with Crippen LogP contribution in [0.25, 0.3) is 5.76 Å². The van der Waals surface area contributed by atoms with Crippen LogP contribution in [0.15, 0.2) is 59.6 Å². The van der Waals surface area contributed by atoms with Crippen molar-refractivity contribution in [2.75, 3.05) is 6.61 Å². The van der Waals surface area contributed by atoms with E-state index in [9.17, 15) is 0 Å². The Labute approximate surface area is 158 Å². The number of aryl methyl sites for hydroxylation is 1. The number of hydrogen-bond donors (Lipinski definition) is 0. The topological polar surface area (TPSA) is 21.6 Å². The molecular formula is C24H31NO. The van der Waals surface area contributed by atoms with Crippen LogP contribution in [0, 0.1) is 0 Å². The van der Waals surface area contributed by atoms with Crippen molar-refractivity contribution in [3.05, 3.63) is 65.7 Å². The maximum absolute atomic E-state index is 5.79. The molecule has 0 fully saturated rings. The summed E-state index contributed by atoms with van der Waals surface area (Å²) in [4.78, 5) is 4.42. The molecule has 2 aromatic rings. The minimum atomic E-state index is 0.605. The first kappa shape index (κ1) is 20.0. The highest BCUT2D eigenvalue weighted by Crippen LogP contribution is 2.18. The standard InChI is InChI=1S/C24H31NO/c1-3-5-6-7-8-10-14-21-15-13-16-22(19-21)24(26-4-2)20-25-23-17-11-9-12-18-23/h9,11-13,15-19H,3-8,10,14H2,1-2H3. The molecule has 0 unspecified atom stereocenters. The monoisotopic (exact) mass is 349 g/mol. The molecule has 0 spiro atoms. The third-order valence-electron chi connectivity index (χ3n) is 4.34. The molecule has 138 valence electrons. The van der Waals surface area contributed by atoms with Crippen LogP contribution in [0.1, 0.15) is 63.5 Å². The Morgan fingerprint density at radius 3 is 2.42 bits per heavy atom. The second-order valence-electron chi connectivity index (χ2n) is 6.54. The van der Waals surface area contributed by atoms with Gasteiger partial charge < -0.3 is 4.74 Å². The van der Waals surface area contributed by atoms with Crippen molar-refractivity contribution < 1.29 is 4.74 Å². The number of ether oxygens (including phenoxy) is 1. The number of unbranched alkanes of at least 4 members (excludes halogenated alkanes) is 5. The minimum absolute atomic E-state index is 0.605. The van der Waals surface area contributed by atoms with Gasteiger partial charge in [-0.2, -0.15) is 0 Å². The Morgan fingerprint density at radius 1 is 0.885 bits per heavy atom. The summed E-state index contributed by atoms with van der Waals surface area (Å²) in [5.41, 5.74) is 3.29. The van der Waals surface area contributed by atoms with Crippen molar-refractivity contribution in [1.29, 1.82) is 0 Å². The maximum atomic E-state index is 5.79. The fourth-order valence-corrected chi connectivity index (χ4v) is 2.92. The third kappa shape index (κ3) is 7.29. The van der Waals surface area contributed by atoms with Crippen molar-refractivity contribution in [1.82, 2.24) is 0 Å². The largest absolute Gasteiger partial charge is 0.484 e. The smallest absolute Gasteiger partial charge is 0.188 e. The molecule has 0 saturated carbocycles. The summed E-state index contributed by atoms with van der Waals surface area (Å²) in [5, 5.41) is 0. The highest BCUT2D eigenvalue weighted by molar-refractivity contribution is 5.87. The molecule has 0 aliphatic heterocycles. The molecule has 2 heteroatoms. The molecule has 0 saturated heterocycles. The Bertz CT molecular complexity index is 699. The zero-order valence-electron chi connectivity index (χ0n) is 16.2. The molecule has 0 bridgehead atoms. The average Bonchev–Trinajstić information content (AvgIpc) is 2.69. The molecule has 0 atom stereocenters. The van der Waals surface area contributed by atoms with Gasteiger partial charge in [0.25, 0.3) is 0 Å². The molecule has 2 nitrogen and oxygen atoms in total. The van der Waals surface area contributed by atoms with Gasteiger partial charge in [0.05, 0.1) is 12.3 Å². The van der Waals surface area contributed by atoms with Crippen LogP contribution in [-0.4, -0.2) is 12.5 Å². The zero-order chi connectivity index (χ0) is 18.5. The number of nitrogens with zero attached hydrogens (tertiary/aromatic N) is 1. The van der Waals surface area contributed by atoms with Crippen molar-refractivity contribution in [2.45, 2.75) is 58.8 Å². The number of rotatable bonds is 11. The minimum Gasteiger partial charge on any atom is -0.484 e. The Kier molecular flexibility index (Phi) is 9.32. The summed E-state index contributed by atoms with van der Waals surface area (Å²) in [5.74, 6) is 3.80. The van der Waals surface area contributed by atoms with Gasteiger partial charge in [0.1, 0.15) is 0 Å².